The minimum Gasteiger partial charge on any atom is -0.479 e. The van der Waals surface area contributed by atoms with E-state index >= 15 is 0 Å². The van der Waals surface area contributed by atoms with Crippen LogP contribution in [0.3, 0.4) is 0 Å². The van der Waals surface area contributed by atoms with Gasteiger partial charge in [0.1, 0.15) is 17.2 Å². The average Bonchev–Trinajstić information content (AvgIpc) is 3.56. The SMILES string of the molecule is COc1nc(-c2csc(N3CCCn4nc5c(c43)CCC5)n2)ccc1-n1cnc(C)c1. The normalized spacial score (nSPS) is 15.2. The third-order valence-electron chi connectivity index (χ3n) is 5.96. The van der Waals surface area contributed by atoms with Crippen LogP contribution in [0, 0.1) is 6.92 Å². The number of anilines is 2. The molecule has 31 heavy (non-hydrogen) atoms. The van der Waals surface area contributed by atoms with E-state index in [1.807, 2.05) is 29.8 Å². The van der Waals surface area contributed by atoms with E-state index in [1.165, 1.54) is 23.5 Å². The van der Waals surface area contributed by atoms with Gasteiger partial charge in [-0.15, -0.1) is 11.3 Å². The minimum atomic E-state index is 0.554. The van der Waals surface area contributed by atoms with Gasteiger partial charge in [0.2, 0.25) is 5.88 Å². The average molecular weight is 434 g/mol. The summed E-state index contributed by atoms with van der Waals surface area (Å²) in [5.74, 6) is 1.80. The number of nitrogens with zero attached hydrogens (tertiary/aromatic N) is 7. The largest absolute Gasteiger partial charge is 0.479 e. The van der Waals surface area contributed by atoms with E-state index in [2.05, 4.69) is 19.9 Å². The van der Waals surface area contributed by atoms with Crippen LogP contribution in [0.4, 0.5) is 10.9 Å². The van der Waals surface area contributed by atoms with Crippen LogP contribution in [0.25, 0.3) is 17.1 Å². The molecule has 0 amide bonds. The molecule has 1 aliphatic carbocycles. The topological polar surface area (TPSA) is 73.9 Å². The Morgan fingerprint density at radius 3 is 2.84 bits per heavy atom. The smallest absolute Gasteiger partial charge is 0.238 e. The molecule has 6 rings (SSSR count). The Balaban J connectivity index is 1.35. The molecule has 0 spiro atoms. The van der Waals surface area contributed by atoms with Crippen molar-refractivity contribution in [1.29, 1.82) is 0 Å². The molecule has 5 heterocycles. The number of thiazole rings is 1. The van der Waals surface area contributed by atoms with Crippen LogP contribution in [0.15, 0.2) is 30.0 Å². The van der Waals surface area contributed by atoms with Crippen LogP contribution in [0.5, 0.6) is 5.88 Å². The summed E-state index contributed by atoms with van der Waals surface area (Å²) >= 11 is 1.66. The number of pyridine rings is 1. The zero-order valence-corrected chi connectivity index (χ0v) is 18.4. The molecule has 0 radical (unpaired) electrons. The van der Waals surface area contributed by atoms with Crippen LogP contribution in [-0.2, 0) is 19.4 Å². The van der Waals surface area contributed by atoms with Crippen molar-refractivity contribution in [3.05, 3.63) is 47.0 Å². The number of imidazole rings is 1. The summed E-state index contributed by atoms with van der Waals surface area (Å²) in [6.07, 6.45) is 8.22. The Morgan fingerprint density at radius 1 is 1.06 bits per heavy atom. The lowest BCUT2D eigenvalue weighted by molar-refractivity contribution is 0.396. The molecule has 0 saturated heterocycles. The quantitative estimate of drug-likeness (QED) is 0.485. The summed E-state index contributed by atoms with van der Waals surface area (Å²) in [6, 6.07) is 3.99. The van der Waals surface area contributed by atoms with Crippen LogP contribution in [0.1, 0.15) is 29.8 Å². The first-order valence-electron chi connectivity index (χ1n) is 10.6. The molecular formula is C22H23N7OS. The van der Waals surface area contributed by atoms with E-state index < -0.39 is 0 Å². The zero-order chi connectivity index (χ0) is 20.9. The van der Waals surface area contributed by atoms with Gasteiger partial charge in [-0.25, -0.2) is 19.6 Å². The minimum absolute atomic E-state index is 0.554. The van der Waals surface area contributed by atoms with Gasteiger partial charge in [-0.1, -0.05) is 0 Å². The summed E-state index contributed by atoms with van der Waals surface area (Å²) in [5, 5.41) is 7.93. The number of methoxy groups -OCH3 is 1. The third-order valence-corrected chi connectivity index (χ3v) is 6.82. The second-order valence-corrected chi connectivity index (χ2v) is 8.83. The molecule has 0 N–H and O–H groups in total. The van der Waals surface area contributed by atoms with Gasteiger partial charge in [0.05, 0.1) is 30.5 Å². The van der Waals surface area contributed by atoms with Gasteiger partial charge < -0.3 is 14.2 Å². The molecule has 0 fully saturated rings. The fourth-order valence-corrected chi connectivity index (χ4v) is 5.38. The summed E-state index contributed by atoms with van der Waals surface area (Å²) in [4.78, 5) is 16.3. The molecular weight excluding hydrogens is 410 g/mol. The van der Waals surface area contributed by atoms with Gasteiger partial charge in [0, 0.05) is 30.2 Å². The second kappa shape index (κ2) is 7.19. The molecule has 0 unspecified atom stereocenters. The van der Waals surface area contributed by atoms with E-state index in [1.54, 1.807) is 24.8 Å². The highest BCUT2D eigenvalue weighted by atomic mass is 32.1. The van der Waals surface area contributed by atoms with Gasteiger partial charge in [0.25, 0.3) is 0 Å². The van der Waals surface area contributed by atoms with Crippen LogP contribution in [-0.4, -0.2) is 43.0 Å². The summed E-state index contributed by atoms with van der Waals surface area (Å²) in [6.45, 7) is 3.93. The van der Waals surface area contributed by atoms with Crippen molar-refractivity contribution in [3.63, 3.8) is 0 Å². The van der Waals surface area contributed by atoms with Crippen molar-refractivity contribution in [1.82, 2.24) is 29.3 Å². The van der Waals surface area contributed by atoms with Gasteiger partial charge in [-0.3, -0.25) is 0 Å². The van der Waals surface area contributed by atoms with Crippen molar-refractivity contribution >= 4 is 22.3 Å². The molecule has 2 aliphatic rings. The number of aromatic nitrogens is 6. The van der Waals surface area contributed by atoms with E-state index in [0.29, 0.717) is 5.88 Å². The first kappa shape index (κ1) is 18.6. The maximum absolute atomic E-state index is 5.57. The van der Waals surface area contributed by atoms with Gasteiger partial charge in [-0.2, -0.15) is 5.10 Å². The van der Waals surface area contributed by atoms with Gasteiger partial charge in [0.15, 0.2) is 5.13 Å². The van der Waals surface area contributed by atoms with Crippen LogP contribution in [0.2, 0.25) is 0 Å². The van der Waals surface area contributed by atoms with E-state index in [4.69, 9.17) is 19.8 Å². The number of ether oxygens (including phenoxy) is 1. The standard InChI is InChI=1S/C22H23N7OS/c1-14-11-27(13-23-14)19-8-7-17(24-20(19)30-2)18-12-31-22(25-18)28-9-4-10-29-21(28)15-5-3-6-16(15)26-29/h7-8,11-13H,3-6,9-10H2,1-2H3. The Labute approximate surface area is 184 Å². The lowest BCUT2D eigenvalue weighted by Crippen LogP contribution is -2.28. The van der Waals surface area contributed by atoms with Crippen molar-refractivity contribution in [2.45, 2.75) is 39.2 Å². The number of hydrogen-bond donors (Lipinski definition) is 0. The monoisotopic (exact) mass is 433 g/mol. The fraction of sp³-hybridized carbons (Fsp3) is 0.364. The fourth-order valence-electron chi connectivity index (χ4n) is 4.54. The van der Waals surface area contributed by atoms with E-state index in [9.17, 15) is 0 Å². The van der Waals surface area contributed by atoms with Crippen molar-refractivity contribution < 1.29 is 4.74 Å². The zero-order valence-electron chi connectivity index (χ0n) is 17.6. The molecule has 8 nitrogen and oxygen atoms in total. The number of aryl methyl sites for hydroxylation is 3. The Bertz CT molecular complexity index is 1270. The van der Waals surface area contributed by atoms with Crippen molar-refractivity contribution in [2.24, 2.45) is 0 Å². The highest BCUT2D eigenvalue weighted by Crippen LogP contribution is 2.40. The lowest BCUT2D eigenvalue weighted by atomic mass is 10.2. The van der Waals surface area contributed by atoms with Crippen molar-refractivity contribution in [2.75, 3.05) is 18.6 Å². The molecule has 0 atom stereocenters. The Hall–Kier alpha value is -3.20. The molecule has 4 aromatic heterocycles. The third kappa shape index (κ3) is 3.03. The molecule has 0 saturated carbocycles. The summed E-state index contributed by atoms with van der Waals surface area (Å²) in [5.41, 5.74) is 6.16. The molecule has 9 heteroatoms. The molecule has 4 aromatic rings. The van der Waals surface area contributed by atoms with Crippen LogP contribution < -0.4 is 9.64 Å². The number of hydrogen-bond acceptors (Lipinski definition) is 7. The second-order valence-electron chi connectivity index (χ2n) is 7.99. The highest BCUT2D eigenvalue weighted by Gasteiger charge is 2.30. The first-order chi connectivity index (χ1) is 15.2. The van der Waals surface area contributed by atoms with Crippen molar-refractivity contribution in [3.8, 4) is 23.0 Å². The number of fused-ring (bicyclic) bond motifs is 3. The molecule has 158 valence electrons. The predicted molar refractivity (Wildman–Crippen MR) is 120 cm³/mol. The van der Waals surface area contributed by atoms with Gasteiger partial charge in [-0.05, 0) is 44.7 Å². The molecule has 1 aliphatic heterocycles. The Morgan fingerprint density at radius 2 is 2.00 bits per heavy atom. The molecule has 0 aromatic carbocycles. The first-order valence-corrected chi connectivity index (χ1v) is 11.5. The van der Waals surface area contributed by atoms with Crippen LogP contribution >= 0.6 is 11.3 Å². The predicted octanol–water partition coefficient (Wildman–Crippen LogP) is 3.93. The van der Waals surface area contributed by atoms with E-state index in [0.717, 1.165) is 60.3 Å². The summed E-state index contributed by atoms with van der Waals surface area (Å²) in [7, 11) is 1.64. The lowest BCUT2D eigenvalue weighted by Gasteiger charge is -2.28. The number of rotatable bonds is 4. The maximum atomic E-state index is 5.57. The highest BCUT2D eigenvalue weighted by molar-refractivity contribution is 7.14. The summed E-state index contributed by atoms with van der Waals surface area (Å²) < 4.78 is 9.68. The molecule has 0 bridgehead atoms. The maximum Gasteiger partial charge on any atom is 0.238 e. The van der Waals surface area contributed by atoms with Gasteiger partial charge >= 0.3 is 0 Å². The Kier molecular flexibility index (Phi) is 4.31. The van der Waals surface area contributed by atoms with E-state index in [-0.39, 0.29) is 0 Å².